The van der Waals surface area contributed by atoms with Gasteiger partial charge >= 0.3 is 0 Å². The maximum absolute atomic E-state index is 12.0. The zero-order valence-electron chi connectivity index (χ0n) is 15.0. The van der Waals surface area contributed by atoms with E-state index in [1.165, 1.54) is 11.3 Å². The number of hydrogen-bond acceptors (Lipinski definition) is 6. The van der Waals surface area contributed by atoms with E-state index in [2.05, 4.69) is 25.5 Å². The van der Waals surface area contributed by atoms with Crippen molar-refractivity contribution in [3.63, 3.8) is 0 Å². The van der Waals surface area contributed by atoms with E-state index in [0.717, 1.165) is 15.4 Å². The minimum absolute atomic E-state index is 0.169. The van der Waals surface area contributed by atoms with Gasteiger partial charge in [0.25, 0.3) is 5.91 Å². The highest BCUT2D eigenvalue weighted by atomic mass is 35.5. The first-order valence-electron chi connectivity index (χ1n) is 8.56. The molecule has 0 spiro atoms. The number of carbonyl (C=O) groups excluding carboxylic acids is 1. The van der Waals surface area contributed by atoms with Crippen molar-refractivity contribution in [3.8, 4) is 10.6 Å². The minimum atomic E-state index is -0.643. The number of halogens is 1. The summed E-state index contributed by atoms with van der Waals surface area (Å²) in [4.78, 5) is 22.6. The summed E-state index contributed by atoms with van der Waals surface area (Å²) in [5.74, 6) is -0.0853. The number of benzene rings is 1. The van der Waals surface area contributed by atoms with Gasteiger partial charge in [-0.25, -0.2) is 4.99 Å². The molecule has 4 rings (SSSR count). The number of aromatic amines is 1. The van der Waals surface area contributed by atoms with E-state index in [1.807, 2.05) is 36.4 Å². The maximum Gasteiger partial charge on any atom is 0.256 e. The van der Waals surface area contributed by atoms with Gasteiger partial charge in [-0.15, -0.1) is 11.3 Å². The van der Waals surface area contributed by atoms with E-state index < -0.39 is 5.91 Å². The van der Waals surface area contributed by atoms with Crippen LogP contribution in [0.2, 0.25) is 5.02 Å². The van der Waals surface area contributed by atoms with Gasteiger partial charge in [0, 0.05) is 28.0 Å². The Labute approximate surface area is 175 Å². The van der Waals surface area contributed by atoms with Gasteiger partial charge in [-0.05, 0) is 42.5 Å². The van der Waals surface area contributed by atoms with E-state index in [4.69, 9.17) is 17.3 Å². The van der Waals surface area contributed by atoms with Gasteiger partial charge in [0.1, 0.15) is 11.4 Å². The van der Waals surface area contributed by atoms with Crippen LogP contribution in [0.5, 0.6) is 0 Å². The number of pyridine rings is 1. The average molecular weight is 423 g/mol. The average Bonchev–Trinajstić information content (AvgIpc) is 3.34. The maximum atomic E-state index is 12.0. The van der Waals surface area contributed by atoms with Crippen LogP contribution in [0.1, 0.15) is 15.2 Å². The molecule has 0 aliphatic rings. The first-order valence-corrected chi connectivity index (χ1v) is 9.75. The van der Waals surface area contributed by atoms with Gasteiger partial charge in [-0.1, -0.05) is 23.7 Å². The van der Waals surface area contributed by atoms with E-state index in [-0.39, 0.29) is 11.4 Å². The molecule has 29 heavy (non-hydrogen) atoms. The van der Waals surface area contributed by atoms with Crippen LogP contribution in [0.25, 0.3) is 10.6 Å². The van der Waals surface area contributed by atoms with Gasteiger partial charge in [-0.2, -0.15) is 5.10 Å². The van der Waals surface area contributed by atoms with Crippen molar-refractivity contribution in [1.29, 1.82) is 0 Å². The Hall–Kier alpha value is -3.49. The number of anilines is 2. The minimum Gasteiger partial charge on any atom is -0.365 e. The summed E-state index contributed by atoms with van der Waals surface area (Å²) in [6, 6.07) is 16.7. The first kappa shape index (κ1) is 18.9. The lowest BCUT2D eigenvalue weighted by Crippen LogP contribution is -2.12. The first-order chi connectivity index (χ1) is 14.1. The van der Waals surface area contributed by atoms with E-state index >= 15 is 0 Å². The number of primary amides is 1. The molecular weight excluding hydrogens is 408 g/mol. The molecule has 0 aliphatic heterocycles. The van der Waals surface area contributed by atoms with Gasteiger partial charge in [-0.3, -0.25) is 14.9 Å². The number of amides is 1. The number of carbonyl (C=O) groups is 1. The third kappa shape index (κ3) is 4.34. The third-order valence-corrected chi connectivity index (χ3v) is 5.22. The Morgan fingerprint density at radius 2 is 2.10 bits per heavy atom. The summed E-state index contributed by atoms with van der Waals surface area (Å²) in [5.41, 5.74) is 7.30. The lowest BCUT2D eigenvalue weighted by Gasteiger charge is -2.05. The number of thiophene rings is 1. The second-order valence-electron chi connectivity index (χ2n) is 5.97. The fraction of sp³-hybridized carbons (Fsp3) is 0. The SMILES string of the molecule is NC(=O)c1c(N=Cc2ccc(-c3ccccn3)s2)n[nH]c1Nc1cccc(Cl)c1. The molecule has 0 fully saturated rings. The molecule has 4 N–H and O–H groups in total. The van der Waals surface area contributed by atoms with Crippen LogP contribution in [-0.4, -0.2) is 27.3 Å². The van der Waals surface area contributed by atoms with Crippen LogP contribution < -0.4 is 11.1 Å². The topological polar surface area (TPSA) is 109 Å². The van der Waals surface area contributed by atoms with Crippen molar-refractivity contribution in [2.45, 2.75) is 0 Å². The number of aromatic nitrogens is 3. The highest BCUT2D eigenvalue weighted by Gasteiger charge is 2.18. The molecule has 3 heterocycles. The number of nitrogens with two attached hydrogens (primary N) is 1. The Morgan fingerprint density at radius 1 is 1.21 bits per heavy atom. The Kier molecular flexibility index (Phi) is 5.37. The fourth-order valence-electron chi connectivity index (χ4n) is 2.65. The standard InChI is InChI=1S/C20H15ClN6OS/c21-12-4-3-5-13(10-12)25-20-17(18(22)28)19(26-27-20)24-11-14-7-8-16(29-14)15-6-1-2-9-23-15/h1-11H,(H2,22,28)(H2,25,26,27). The molecule has 0 unspecified atom stereocenters. The van der Waals surface area contributed by atoms with E-state index in [9.17, 15) is 4.79 Å². The van der Waals surface area contributed by atoms with E-state index in [0.29, 0.717) is 16.5 Å². The zero-order chi connectivity index (χ0) is 20.2. The molecule has 9 heteroatoms. The number of H-pyrrole nitrogens is 1. The molecule has 1 aromatic carbocycles. The summed E-state index contributed by atoms with van der Waals surface area (Å²) in [5, 5.41) is 10.5. The van der Waals surface area contributed by atoms with Crippen LogP contribution in [-0.2, 0) is 0 Å². The molecule has 3 aromatic heterocycles. The highest BCUT2D eigenvalue weighted by Crippen LogP contribution is 2.29. The lowest BCUT2D eigenvalue weighted by atomic mass is 10.2. The van der Waals surface area contributed by atoms with Crippen molar-refractivity contribution >= 4 is 52.4 Å². The zero-order valence-corrected chi connectivity index (χ0v) is 16.5. The molecule has 0 aliphatic carbocycles. The molecule has 144 valence electrons. The van der Waals surface area contributed by atoms with Crippen LogP contribution in [0, 0.1) is 0 Å². The Balaban J connectivity index is 1.58. The summed E-state index contributed by atoms with van der Waals surface area (Å²) in [6.45, 7) is 0. The van der Waals surface area contributed by atoms with Crippen molar-refractivity contribution in [2.24, 2.45) is 10.7 Å². The molecule has 0 bridgehead atoms. The number of rotatable bonds is 6. The summed E-state index contributed by atoms with van der Waals surface area (Å²) in [7, 11) is 0. The second kappa shape index (κ2) is 8.26. The lowest BCUT2D eigenvalue weighted by molar-refractivity contribution is 0.100. The third-order valence-electron chi connectivity index (χ3n) is 3.95. The second-order valence-corrected chi connectivity index (χ2v) is 7.52. The van der Waals surface area contributed by atoms with Gasteiger partial charge < -0.3 is 11.1 Å². The predicted molar refractivity (Wildman–Crippen MR) is 117 cm³/mol. The molecular formula is C20H15ClN6OS. The van der Waals surface area contributed by atoms with Gasteiger partial charge in [0.15, 0.2) is 5.82 Å². The van der Waals surface area contributed by atoms with Crippen LogP contribution in [0.15, 0.2) is 65.8 Å². The smallest absolute Gasteiger partial charge is 0.256 e. The van der Waals surface area contributed by atoms with Gasteiger partial charge in [0.2, 0.25) is 0 Å². The molecule has 0 radical (unpaired) electrons. The molecule has 0 saturated carbocycles. The fourth-order valence-corrected chi connectivity index (χ4v) is 3.70. The number of aliphatic imine (C=N–C) groups is 1. The van der Waals surface area contributed by atoms with Crippen LogP contribution in [0.4, 0.5) is 17.3 Å². The largest absolute Gasteiger partial charge is 0.365 e. The predicted octanol–water partition coefficient (Wildman–Crippen LogP) is 4.78. The monoisotopic (exact) mass is 422 g/mol. The number of hydrogen-bond donors (Lipinski definition) is 3. The van der Waals surface area contributed by atoms with Crippen molar-refractivity contribution in [2.75, 3.05) is 5.32 Å². The molecule has 0 atom stereocenters. The molecule has 1 amide bonds. The summed E-state index contributed by atoms with van der Waals surface area (Å²) < 4.78 is 0. The molecule has 7 nitrogen and oxygen atoms in total. The normalized spacial score (nSPS) is 11.1. The quantitative estimate of drug-likeness (QED) is 0.388. The Bertz CT molecular complexity index is 1180. The van der Waals surface area contributed by atoms with E-state index in [1.54, 1.807) is 30.6 Å². The summed E-state index contributed by atoms with van der Waals surface area (Å²) >= 11 is 7.53. The van der Waals surface area contributed by atoms with Gasteiger partial charge in [0.05, 0.1) is 10.6 Å². The summed E-state index contributed by atoms with van der Waals surface area (Å²) in [6.07, 6.45) is 3.39. The molecule has 0 saturated heterocycles. The molecule has 4 aromatic rings. The van der Waals surface area contributed by atoms with Crippen molar-refractivity contribution in [3.05, 3.63) is 76.3 Å². The Morgan fingerprint density at radius 3 is 2.86 bits per heavy atom. The highest BCUT2D eigenvalue weighted by molar-refractivity contribution is 7.17. The van der Waals surface area contributed by atoms with Crippen LogP contribution in [0.3, 0.4) is 0 Å². The van der Waals surface area contributed by atoms with Crippen LogP contribution >= 0.6 is 22.9 Å². The van der Waals surface area contributed by atoms with Crippen molar-refractivity contribution < 1.29 is 4.79 Å². The number of nitrogens with one attached hydrogen (secondary N) is 2. The van der Waals surface area contributed by atoms with Crippen molar-refractivity contribution in [1.82, 2.24) is 15.2 Å². The number of nitrogens with zero attached hydrogens (tertiary/aromatic N) is 3.